The van der Waals surface area contributed by atoms with Crippen LogP contribution >= 0.6 is 24.2 Å². The molecule has 1 aromatic carbocycles. The Kier molecular flexibility index (Phi) is 8.94. The molecule has 0 spiro atoms. The third-order valence-electron chi connectivity index (χ3n) is 2.48. The fourth-order valence-electron chi connectivity index (χ4n) is 1.52. The van der Waals surface area contributed by atoms with E-state index >= 15 is 0 Å². The molecule has 0 atom stereocenters. The number of nitrogens with zero attached hydrogens (tertiary/aromatic N) is 1. The largest absolute Gasteiger partial charge is 0.351 e. The monoisotopic (exact) mass is 319 g/mol. The highest BCUT2D eigenvalue weighted by atomic mass is 35.5. The molecule has 2 N–H and O–H groups in total. The molecule has 8 heteroatoms. The number of likely N-dealkylation sites (N-methyl/N-ethyl adjacent to an activating group) is 1. The van der Waals surface area contributed by atoms with E-state index in [0.717, 1.165) is 6.54 Å². The zero-order valence-corrected chi connectivity index (χ0v) is 13.0. The van der Waals surface area contributed by atoms with Gasteiger partial charge in [-0.15, -0.1) is 24.2 Å². The second kappa shape index (κ2) is 9.57. The van der Waals surface area contributed by atoms with Crippen LogP contribution in [0, 0.1) is 10.1 Å². The molecule has 1 amide bonds. The molecule has 0 aliphatic carbocycles. The maximum atomic E-state index is 11.8. The van der Waals surface area contributed by atoms with Crippen molar-refractivity contribution in [2.24, 2.45) is 0 Å². The van der Waals surface area contributed by atoms with Gasteiger partial charge in [-0.1, -0.05) is 6.92 Å². The van der Waals surface area contributed by atoms with Gasteiger partial charge in [-0.2, -0.15) is 0 Å². The van der Waals surface area contributed by atoms with Crippen molar-refractivity contribution in [3.63, 3.8) is 0 Å². The smallest absolute Gasteiger partial charge is 0.283 e. The van der Waals surface area contributed by atoms with Crippen molar-refractivity contribution in [3.05, 3.63) is 33.9 Å². The highest BCUT2D eigenvalue weighted by molar-refractivity contribution is 7.98. The van der Waals surface area contributed by atoms with Crippen LogP contribution < -0.4 is 10.6 Å². The molecular formula is C12H18ClN3O3S. The molecule has 0 aromatic heterocycles. The van der Waals surface area contributed by atoms with E-state index < -0.39 is 4.92 Å². The van der Waals surface area contributed by atoms with E-state index in [1.165, 1.54) is 17.8 Å². The van der Waals surface area contributed by atoms with Crippen LogP contribution in [0.4, 0.5) is 5.69 Å². The van der Waals surface area contributed by atoms with E-state index in [0.29, 0.717) is 23.5 Å². The number of amides is 1. The quantitative estimate of drug-likeness (QED) is 0.348. The molecule has 1 aromatic rings. The number of nitro groups is 1. The summed E-state index contributed by atoms with van der Waals surface area (Å²) in [5.74, 6) is -0.298. The van der Waals surface area contributed by atoms with Gasteiger partial charge in [0.05, 0.1) is 9.82 Å². The van der Waals surface area contributed by atoms with Gasteiger partial charge in [0.1, 0.15) is 0 Å². The van der Waals surface area contributed by atoms with Crippen LogP contribution in [0.5, 0.6) is 0 Å². The first-order valence-corrected chi connectivity index (χ1v) is 7.14. The molecule has 0 saturated heterocycles. The summed E-state index contributed by atoms with van der Waals surface area (Å²) < 4.78 is 0. The number of carbonyl (C=O) groups is 1. The van der Waals surface area contributed by atoms with Gasteiger partial charge < -0.3 is 10.6 Å². The summed E-state index contributed by atoms with van der Waals surface area (Å²) in [6.45, 7) is 3.98. The van der Waals surface area contributed by atoms with E-state index in [2.05, 4.69) is 10.6 Å². The molecule has 0 aliphatic heterocycles. The van der Waals surface area contributed by atoms with E-state index in [-0.39, 0.29) is 24.0 Å². The average Bonchev–Trinajstić information content (AvgIpc) is 2.42. The zero-order chi connectivity index (χ0) is 14.3. The molecule has 0 aliphatic rings. The minimum absolute atomic E-state index is 0. The molecule has 0 bridgehead atoms. The summed E-state index contributed by atoms with van der Waals surface area (Å²) in [5.41, 5.74) is 0.271. The Balaban J connectivity index is 0.00000361. The van der Waals surface area contributed by atoms with Gasteiger partial charge in [0.2, 0.25) is 0 Å². The predicted molar refractivity (Wildman–Crippen MR) is 83.0 cm³/mol. The van der Waals surface area contributed by atoms with Gasteiger partial charge in [-0.05, 0) is 24.9 Å². The Bertz CT molecular complexity index is 471. The van der Waals surface area contributed by atoms with E-state index in [4.69, 9.17) is 0 Å². The van der Waals surface area contributed by atoms with Crippen LogP contribution in [-0.2, 0) is 0 Å². The maximum Gasteiger partial charge on any atom is 0.283 e. The molecule has 0 unspecified atom stereocenters. The van der Waals surface area contributed by atoms with Crippen molar-refractivity contribution < 1.29 is 9.72 Å². The van der Waals surface area contributed by atoms with Gasteiger partial charge in [0.15, 0.2) is 0 Å². The molecular weight excluding hydrogens is 302 g/mol. The van der Waals surface area contributed by atoms with Crippen LogP contribution in [-0.4, -0.2) is 36.7 Å². The highest BCUT2D eigenvalue weighted by Crippen LogP contribution is 2.28. The first kappa shape index (κ1) is 18.7. The lowest BCUT2D eigenvalue weighted by atomic mass is 10.2. The van der Waals surface area contributed by atoms with Gasteiger partial charge in [-0.3, -0.25) is 14.9 Å². The molecule has 0 saturated carbocycles. The third-order valence-corrected chi connectivity index (χ3v) is 3.26. The SMILES string of the molecule is CCNCCNC(=O)c1ccc(SC)c([N+](=O)[O-])c1.Cl. The van der Waals surface area contributed by atoms with Crippen LogP contribution in [0.25, 0.3) is 0 Å². The van der Waals surface area contributed by atoms with Gasteiger partial charge in [0, 0.05) is 24.7 Å². The predicted octanol–water partition coefficient (Wildman–Crippen LogP) is 2.08. The van der Waals surface area contributed by atoms with E-state index in [1.54, 1.807) is 18.4 Å². The second-order valence-electron chi connectivity index (χ2n) is 3.75. The number of hydrogen-bond donors (Lipinski definition) is 2. The standard InChI is InChI=1S/C12H17N3O3S.ClH/c1-3-13-6-7-14-12(16)9-4-5-11(19-2)10(8-9)15(17)18;/h4-5,8,13H,3,6-7H2,1-2H3,(H,14,16);1H. The van der Waals surface area contributed by atoms with Gasteiger partial charge in [0.25, 0.3) is 11.6 Å². The fourth-order valence-corrected chi connectivity index (χ4v) is 2.06. The van der Waals surface area contributed by atoms with Crippen LogP contribution in [0.1, 0.15) is 17.3 Å². The van der Waals surface area contributed by atoms with Crippen molar-refractivity contribution in [1.29, 1.82) is 0 Å². The van der Waals surface area contributed by atoms with E-state index in [9.17, 15) is 14.9 Å². The summed E-state index contributed by atoms with van der Waals surface area (Å²) >= 11 is 1.29. The van der Waals surface area contributed by atoms with Crippen molar-refractivity contribution in [2.45, 2.75) is 11.8 Å². The molecule has 20 heavy (non-hydrogen) atoms. The summed E-state index contributed by atoms with van der Waals surface area (Å²) in [7, 11) is 0. The van der Waals surface area contributed by atoms with Gasteiger partial charge >= 0.3 is 0 Å². The number of nitro benzene ring substituents is 1. The Hall–Kier alpha value is -1.31. The molecule has 1 rings (SSSR count). The Morgan fingerprint density at radius 1 is 1.40 bits per heavy atom. The van der Waals surface area contributed by atoms with Crippen molar-refractivity contribution in [2.75, 3.05) is 25.9 Å². The normalized spacial score (nSPS) is 9.70. The first-order valence-electron chi connectivity index (χ1n) is 5.91. The van der Waals surface area contributed by atoms with Gasteiger partial charge in [-0.25, -0.2) is 0 Å². The minimum atomic E-state index is -0.471. The fraction of sp³-hybridized carbons (Fsp3) is 0.417. The number of rotatable bonds is 7. The highest BCUT2D eigenvalue weighted by Gasteiger charge is 2.16. The number of carbonyl (C=O) groups excluding carboxylic acids is 1. The summed E-state index contributed by atoms with van der Waals surface area (Å²) in [6.07, 6.45) is 1.76. The van der Waals surface area contributed by atoms with Crippen LogP contribution in [0.2, 0.25) is 0 Å². The number of benzene rings is 1. The molecule has 0 fully saturated rings. The number of thioether (sulfide) groups is 1. The lowest BCUT2D eigenvalue weighted by Gasteiger charge is -2.06. The maximum absolute atomic E-state index is 11.8. The Labute approximate surface area is 128 Å². The molecule has 0 radical (unpaired) electrons. The number of halogens is 1. The second-order valence-corrected chi connectivity index (χ2v) is 4.60. The third kappa shape index (κ3) is 5.36. The Morgan fingerprint density at radius 2 is 2.10 bits per heavy atom. The number of nitrogens with one attached hydrogen (secondary N) is 2. The van der Waals surface area contributed by atoms with Crippen molar-refractivity contribution in [1.82, 2.24) is 10.6 Å². The lowest BCUT2D eigenvalue weighted by Crippen LogP contribution is -2.31. The lowest BCUT2D eigenvalue weighted by molar-refractivity contribution is -0.387. The minimum Gasteiger partial charge on any atom is -0.351 e. The van der Waals surface area contributed by atoms with Crippen molar-refractivity contribution >= 4 is 35.8 Å². The summed E-state index contributed by atoms with van der Waals surface area (Å²) in [6, 6.07) is 4.51. The molecule has 112 valence electrons. The summed E-state index contributed by atoms with van der Waals surface area (Å²) in [4.78, 5) is 22.8. The Morgan fingerprint density at radius 3 is 2.65 bits per heavy atom. The van der Waals surface area contributed by atoms with Crippen LogP contribution in [0.3, 0.4) is 0 Å². The van der Waals surface area contributed by atoms with Crippen LogP contribution in [0.15, 0.2) is 23.1 Å². The number of hydrogen-bond acceptors (Lipinski definition) is 5. The first-order chi connectivity index (χ1) is 9.10. The summed E-state index contributed by atoms with van der Waals surface area (Å²) in [5, 5.41) is 16.7. The van der Waals surface area contributed by atoms with Crippen molar-refractivity contribution in [3.8, 4) is 0 Å². The average molecular weight is 320 g/mol. The molecule has 0 heterocycles. The van der Waals surface area contributed by atoms with E-state index in [1.807, 2.05) is 6.92 Å². The molecule has 6 nitrogen and oxygen atoms in total. The topological polar surface area (TPSA) is 84.3 Å². The zero-order valence-electron chi connectivity index (χ0n) is 11.3.